The second-order valence-corrected chi connectivity index (χ2v) is 5.84. The van der Waals surface area contributed by atoms with E-state index in [1.165, 1.54) is 38.5 Å². The fourth-order valence-corrected chi connectivity index (χ4v) is 2.98. The fourth-order valence-electron chi connectivity index (χ4n) is 2.50. The van der Waals surface area contributed by atoms with Gasteiger partial charge in [-0.3, -0.25) is 0 Å². The molecule has 2 N–H and O–H groups in total. The highest BCUT2D eigenvalue weighted by Gasteiger charge is 2.12. The van der Waals surface area contributed by atoms with Gasteiger partial charge in [-0.25, -0.2) is 0 Å². The van der Waals surface area contributed by atoms with Gasteiger partial charge in [0, 0.05) is 12.2 Å². The maximum atomic E-state index is 9.49. The monoisotopic (exact) mass is 287 g/mol. The zero-order chi connectivity index (χ0) is 13.0. The molecule has 0 radical (unpaired) electrons. The molecule has 1 aromatic carbocycles. The number of hydrogen-bond acceptors (Lipinski definition) is 2. The van der Waals surface area contributed by atoms with Crippen molar-refractivity contribution in [2.24, 2.45) is 5.92 Å². The lowest BCUT2D eigenvalue weighted by Gasteiger charge is -2.16. The van der Waals surface area contributed by atoms with Crippen molar-refractivity contribution in [1.29, 1.82) is 0 Å². The van der Waals surface area contributed by atoms with E-state index in [0.717, 1.165) is 18.2 Å². The van der Waals surface area contributed by atoms with Gasteiger partial charge in [0.05, 0.1) is 10.0 Å². The number of anilines is 1. The average molecular weight is 288 g/mol. The molecule has 2 rings (SSSR count). The minimum Gasteiger partial charge on any atom is -0.505 e. The lowest BCUT2D eigenvalue weighted by molar-refractivity contribution is 0.475. The standard InChI is InChI=1S/C14H19Cl2NO/c15-12-7-11(8-13(16)14(12)18)17-9-10-5-3-1-2-4-6-10/h7-8,10,17-18H,1-6,9H2. The summed E-state index contributed by atoms with van der Waals surface area (Å²) in [5.41, 5.74) is 0.882. The number of aromatic hydroxyl groups is 1. The highest BCUT2D eigenvalue weighted by Crippen LogP contribution is 2.35. The third-order valence-corrected chi connectivity index (χ3v) is 4.16. The van der Waals surface area contributed by atoms with Gasteiger partial charge in [0.2, 0.25) is 0 Å². The summed E-state index contributed by atoms with van der Waals surface area (Å²) in [5.74, 6) is 0.692. The number of phenols is 1. The van der Waals surface area contributed by atoms with E-state index in [4.69, 9.17) is 23.2 Å². The Morgan fingerprint density at radius 3 is 2.17 bits per heavy atom. The molecular weight excluding hydrogens is 269 g/mol. The normalized spacial score (nSPS) is 17.4. The molecule has 0 heterocycles. The molecule has 1 aromatic rings. The van der Waals surface area contributed by atoms with Crippen LogP contribution in [0.15, 0.2) is 12.1 Å². The third kappa shape index (κ3) is 3.69. The number of rotatable bonds is 3. The number of phenolic OH excluding ortho intramolecular Hbond substituents is 1. The van der Waals surface area contributed by atoms with Crippen LogP contribution in [0.3, 0.4) is 0 Å². The summed E-state index contributed by atoms with van der Waals surface area (Å²) in [4.78, 5) is 0. The first-order valence-electron chi connectivity index (χ1n) is 6.58. The van der Waals surface area contributed by atoms with Crippen LogP contribution in [0.25, 0.3) is 0 Å². The summed E-state index contributed by atoms with van der Waals surface area (Å²) in [7, 11) is 0. The first-order valence-corrected chi connectivity index (χ1v) is 7.34. The molecule has 0 aliphatic heterocycles. The van der Waals surface area contributed by atoms with E-state index < -0.39 is 0 Å². The van der Waals surface area contributed by atoms with Crippen LogP contribution in [0.5, 0.6) is 5.75 Å². The fraction of sp³-hybridized carbons (Fsp3) is 0.571. The van der Waals surface area contributed by atoms with Crippen LogP contribution in [0.1, 0.15) is 38.5 Å². The molecule has 18 heavy (non-hydrogen) atoms. The molecule has 0 amide bonds. The Morgan fingerprint density at radius 2 is 1.61 bits per heavy atom. The lowest BCUT2D eigenvalue weighted by Crippen LogP contribution is -2.13. The van der Waals surface area contributed by atoms with Crippen molar-refractivity contribution in [3.05, 3.63) is 22.2 Å². The van der Waals surface area contributed by atoms with E-state index in [1.807, 2.05) is 0 Å². The van der Waals surface area contributed by atoms with E-state index in [9.17, 15) is 5.11 Å². The van der Waals surface area contributed by atoms with Crippen LogP contribution in [0.4, 0.5) is 5.69 Å². The zero-order valence-corrected chi connectivity index (χ0v) is 11.9. The molecule has 0 saturated heterocycles. The van der Waals surface area contributed by atoms with Gasteiger partial charge >= 0.3 is 0 Å². The summed E-state index contributed by atoms with van der Waals surface area (Å²) in [6.45, 7) is 0.956. The topological polar surface area (TPSA) is 32.3 Å². The van der Waals surface area contributed by atoms with Crippen LogP contribution < -0.4 is 5.32 Å². The quantitative estimate of drug-likeness (QED) is 0.600. The minimum absolute atomic E-state index is 0.0432. The average Bonchev–Trinajstić information content (AvgIpc) is 2.61. The molecule has 100 valence electrons. The Kier molecular flexibility index (Phi) is 5.02. The van der Waals surface area contributed by atoms with Gasteiger partial charge < -0.3 is 10.4 Å². The number of benzene rings is 1. The van der Waals surface area contributed by atoms with E-state index >= 15 is 0 Å². The molecule has 2 nitrogen and oxygen atoms in total. The molecule has 1 aliphatic carbocycles. The molecule has 1 fully saturated rings. The molecule has 4 heteroatoms. The Labute approximate surface area is 118 Å². The van der Waals surface area contributed by atoms with E-state index in [1.54, 1.807) is 12.1 Å². The smallest absolute Gasteiger partial charge is 0.152 e. The van der Waals surface area contributed by atoms with Crippen LogP contribution in [-0.2, 0) is 0 Å². The molecule has 0 aromatic heterocycles. The van der Waals surface area contributed by atoms with E-state index in [-0.39, 0.29) is 5.75 Å². The predicted molar refractivity (Wildman–Crippen MR) is 77.8 cm³/mol. The maximum Gasteiger partial charge on any atom is 0.152 e. The van der Waals surface area contributed by atoms with Gasteiger partial charge in [-0.15, -0.1) is 0 Å². The summed E-state index contributed by atoms with van der Waals surface area (Å²) < 4.78 is 0. The highest BCUT2D eigenvalue weighted by atomic mass is 35.5. The van der Waals surface area contributed by atoms with Crippen molar-refractivity contribution in [3.8, 4) is 5.75 Å². The van der Waals surface area contributed by atoms with Crippen LogP contribution >= 0.6 is 23.2 Å². The van der Waals surface area contributed by atoms with Crippen molar-refractivity contribution < 1.29 is 5.11 Å². The highest BCUT2D eigenvalue weighted by molar-refractivity contribution is 6.37. The third-order valence-electron chi connectivity index (χ3n) is 3.59. The first kappa shape index (κ1) is 13.8. The van der Waals surface area contributed by atoms with Gasteiger partial charge in [-0.05, 0) is 30.9 Å². The number of hydrogen-bond donors (Lipinski definition) is 2. The Morgan fingerprint density at radius 1 is 1.06 bits per heavy atom. The van der Waals surface area contributed by atoms with Gasteiger partial charge in [0.25, 0.3) is 0 Å². The van der Waals surface area contributed by atoms with Crippen LogP contribution in [-0.4, -0.2) is 11.7 Å². The largest absolute Gasteiger partial charge is 0.505 e. The molecule has 0 atom stereocenters. The van der Waals surface area contributed by atoms with Gasteiger partial charge in [0.1, 0.15) is 0 Å². The maximum absolute atomic E-state index is 9.49. The Balaban J connectivity index is 1.93. The van der Waals surface area contributed by atoms with Crippen molar-refractivity contribution >= 4 is 28.9 Å². The predicted octanol–water partition coefficient (Wildman–Crippen LogP) is 5.08. The van der Waals surface area contributed by atoms with E-state index in [2.05, 4.69) is 5.32 Å². The Hall–Kier alpha value is -0.600. The molecule has 0 spiro atoms. The number of halogens is 2. The molecule has 0 bridgehead atoms. The molecule has 1 aliphatic rings. The summed E-state index contributed by atoms with van der Waals surface area (Å²) in [6.07, 6.45) is 8.01. The van der Waals surface area contributed by atoms with Crippen LogP contribution in [0.2, 0.25) is 10.0 Å². The van der Waals surface area contributed by atoms with Crippen molar-refractivity contribution in [3.63, 3.8) is 0 Å². The second kappa shape index (κ2) is 6.53. The minimum atomic E-state index is -0.0432. The van der Waals surface area contributed by atoms with Gasteiger partial charge in [-0.2, -0.15) is 0 Å². The summed E-state index contributed by atoms with van der Waals surface area (Å²) in [5, 5.41) is 13.5. The van der Waals surface area contributed by atoms with Gasteiger partial charge in [-0.1, -0.05) is 48.9 Å². The van der Waals surface area contributed by atoms with Crippen molar-refractivity contribution in [1.82, 2.24) is 0 Å². The SMILES string of the molecule is Oc1c(Cl)cc(NCC2CCCCCC2)cc1Cl. The second-order valence-electron chi connectivity index (χ2n) is 5.03. The zero-order valence-electron chi connectivity index (χ0n) is 10.4. The van der Waals surface area contributed by atoms with Crippen molar-refractivity contribution in [2.75, 3.05) is 11.9 Å². The molecular formula is C14H19Cl2NO. The molecule has 0 unspecified atom stereocenters. The Bertz CT molecular complexity index is 378. The number of nitrogens with one attached hydrogen (secondary N) is 1. The first-order chi connectivity index (χ1) is 8.66. The summed E-state index contributed by atoms with van der Waals surface area (Å²) >= 11 is 11.8. The van der Waals surface area contributed by atoms with Crippen LogP contribution in [0, 0.1) is 5.92 Å². The lowest BCUT2D eigenvalue weighted by atomic mass is 10.0. The van der Waals surface area contributed by atoms with Crippen molar-refractivity contribution in [2.45, 2.75) is 38.5 Å². The molecule has 1 saturated carbocycles. The van der Waals surface area contributed by atoms with E-state index in [0.29, 0.717) is 10.0 Å². The summed E-state index contributed by atoms with van der Waals surface area (Å²) in [6, 6.07) is 3.44. The van der Waals surface area contributed by atoms with Gasteiger partial charge in [0.15, 0.2) is 5.75 Å².